The number of anilines is 1. The Balaban J connectivity index is 2.04. The number of benzene rings is 1. The minimum Gasteiger partial charge on any atom is -0.456 e. The molecule has 1 atom stereocenters. The lowest BCUT2D eigenvalue weighted by atomic mass is 9.83. The standard InChI is InChI=1S/C16H12BrN3O4/c1-20-13-12(14(21)19-16(20)23)10(7-2-4-8(17)5-3-7)11-9(18-13)6-24-15(11)22/h2-5,10,18H,6H2,1H3,(H,19,21,23). The van der Waals surface area contributed by atoms with Crippen molar-refractivity contribution in [3.05, 3.63) is 72.0 Å². The largest absolute Gasteiger partial charge is 0.456 e. The second kappa shape index (κ2) is 5.20. The number of nitrogens with zero attached hydrogens (tertiary/aromatic N) is 1. The van der Waals surface area contributed by atoms with Crippen molar-refractivity contribution >= 4 is 27.7 Å². The van der Waals surface area contributed by atoms with Crippen LogP contribution in [0.25, 0.3) is 0 Å². The van der Waals surface area contributed by atoms with Crippen molar-refractivity contribution in [2.45, 2.75) is 5.92 Å². The zero-order chi connectivity index (χ0) is 17.0. The fourth-order valence-electron chi connectivity index (χ4n) is 3.14. The van der Waals surface area contributed by atoms with Gasteiger partial charge in [0.1, 0.15) is 12.4 Å². The topological polar surface area (TPSA) is 93.2 Å². The van der Waals surface area contributed by atoms with Gasteiger partial charge in [-0.25, -0.2) is 9.59 Å². The predicted octanol–water partition coefficient (Wildman–Crippen LogP) is 1.20. The van der Waals surface area contributed by atoms with E-state index in [2.05, 4.69) is 26.2 Å². The van der Waals surface area contributed by atoms with Gasteiger partial charge in [0.25, 0.3) is 5.56 Å². The summed E-state index contributed by atoms with van der Waals surface area (Å²) in [5, 5.41) is 3.02. The summed E-state index contributed by atoms with van der Waals surface area (Å²) in [6.07, 6.45) is 0. The first-order valence-corrected chi connectivity index (χ1v) is 8.02. The zero-order valence-electron chi connectivity index (χ0n) is 12.6. The number of rotatable bonds is 1. The molecule has 0 saturated heterocycles. The Morgan fingerprint density at radius 1 is 1.21 bits per heavy atom. The first-order valence-electron chi connectivity index (χ1n) is 7.23. The van der Waals surface area contributed by atoms with Crippen molar-refractivity contribution in [3.8, 4) is 0 Å². The number of carbonyl (C=O) groups is 1. The fraction of sp³-hybridized carbons (Fsp3) is 0.188. The van der Waals surface area contributed by atoms with Gasteiger partial charge in [-0.2, -0.15) is 0 Å². The van der Waals surface area contributed by atoms with Crippen molar-refractivity contribution < 1.29 is 9.53 Å². The van der Waals surface area contributed by atoms with Gasteiger partial charge in [-0.1, -0.05) is 28.1 Å². The predicted molar refractivity (Wildman–Crippen MR) is 89.9 cm³/mol. The number of ether oxygens (including phenoxy) is 1. The van der Waals surface area contributed by atoms with Crippen LogP contribution in [-0.2, 0) is 16.6 Å². The van der Waals surface area contributed by atoms with Crippen LogP contribution in [0.2, 0.25) is 0 Å². The van der Waals surface area contributed by atoms with Crippen LogP contribution in [0.15, 0.2) is 49.6 Å². The van der Waals surface area contributed by atoms with E-state index in [4.69, 9.17) is 4.74 Å². The summed E-state index contributed by atoms with van der Waals surface area (Å²) in [6, 6.07) is 7.36. The van der Waals surface area contributed by atoms with Gasteiger partial charge in [0.15, 0.2) is 0 Å². The number of aromatic nitrogens is 2. The third kappa shape index (κ3) is 2.06. The molecule has 0 fully saturated rings. The summed E-state index contributed by atoms with van der Waals surface area (Å²) in [5.41, 5.74) is 1.07. The number of cyclic esters (lactones) is 1. The van der Waals surface area contributed by atoms with Gasteiger partial charge in [0, 0.05) is 11.5 Å². The molecule has 24 heavy (non-hydrogen) atoms. The first kappa shape index (κ1) is 14.9. The van der Waals surface area contributed by atoms with Gasteiger partial charge in [0.05, 0.1) is 22.8 Å². The Morgan fingerprint density at radius 3 is 2.62 bits per heavy atom. The highest BCUT2D eigenvalue weighted by Crippen LogP contribution is 2.42. The molecule has 1 aromatic heterocycles. The van der Waals surface area contributed by atoms with E-state index in [1.165, 1.54) is 4.57 Å². The van der Waals surface area contributed by atoms with E-state index < -0.39 is 23.1 Å². The first-order chi connectivity index (χ1) is 11.5. The number of nitrogens with one attached hydrogen (secondary N) is 2. The number of hydrogen-bond donors (Lipinski definition) is 2. The molecular weight excluding hydrogens is 378 g/mol. The number of fused-ring (bicyclic) bond motifs is 1. The maximum Gasteiger partial charge on any atom is 0.337 e. The molecule has 0 amide bonds. The molecule has 0 radical (unpaired) electrons. The smallest absolute Gasteiger partial charge is 0.337 e. The van der Waals surface area contributed by atoms with Gasteiger partial charge >= 0.3 is 11.7 Å². The molecule has 2 aliphatic rings. The number of H-pyrrole nitrogens is 1. The molecule has 8 heteroatoms. The molecule has 3 heterocycles. The Labute approximate surface area is 144 Å². The van der Waals surface area contributed by atoms with E-state index in [0.29, 0.717) is 22.7 Å². The molecule has 2 aliphatic heterocycles. The zero-order valence-corrected chi connectivity index (χ0v) is 14.1. The monoisotopic (exact) mass is 389 g/mol. The van der Waals surface area contributed by atoms with Crippen LogP contribution in [0, 0.1) is 0 Å². The van der Waals surface area contributed by atoms with E-state index in [1.54, 1.807) is 7.05 Å². The summed E-state index contributed by atoms with van der Waals surface area (Å²) >= 11 is 3.38. The molecular formula is C16H12BrN3O4. The molecule has 7 nitrogen and oxygen atoms in total. The quantitative estimate of drug-likeness (QED) is 0.714. The minimum absolute atomic E-state index is 0.0988. The summed E-state index contributed by atoms with van der Waals surface area (Å²) in [6.45, 7) is 0.0988. The third-order valence-corrected chi connectivity index (χ3v) is 4.83. The lowest BCUT2D eigenvalue weighted by Crippen LogP contribution is -2.37. The van der Waals surface area contributed by atoms with Crippen LogP contribution in [0.1, 0.15) is 17.0 Å². The van der Waals surface area contributed by atoms with Crippen LogP contribution < -0.4 is 16.6 Å². The molecule has 2 aromatic rings. The summed E-state index contributed by atoms with van der Waals surface area (Å²) < 4.78 is 7.35. The van der Waals surface area contributed by atoms with Crippen LogP contribution in [-0.4, -0.2) is 22.1 Å². The molecule has 1 aromatic carbocycles. The highest BCUT2D eigenvalue weighted by molar-refractivity contribution is 9.10. The lowest BCUT2D eigenvalue weighted by Gasteiger charge is -2.27. The molecule has 122 valence electrons. The summed E-state index contributed by atoms with van der Waals surface area (Å²) in [7, 11) is 1.56. The van der Waals surface area contributed by atoms with Gasteiger partial charge in [0.2, 0.25) is 0 Å². The Bertz CT molecular complexity index is 1020. The number of halogens is 1. The Hall–Kier alpha value is -2.61. The van der Waals surface area contributed by atoms with Gasteiger partial charge in [-0.05, 0) is 17.7 Å². The second-order valence-corrected chi connectivity index (χ2v) is 6.57. The van der Waals surface area contributed by atoms with Crippen LogP contribution >= 0.6 is 15.9 Å². The van der Waals surface area contributed by atoms with E-state index >= 15 is 0 Å². The molecule has 0 aliphatic carbocycles. The average molecular weight is 390 g/mol. The van der Waals surface area contributed by atoms with E-state index in [-0.39, 0.29) is 6.61 Å². The number of esters is 1. The molecule has 0 bridgehead atoms. The van der Waals surface area contributed by atoms with Crippen LogP contribution in [0.5, 0.6) is 0 Å². The van der Waals surface area contributed by atoms with E-state index in [1.807, 2.05) is 24.3 Å². The van der Waals surface area contributed by atoms with Gasteiger partial charge in [-0.3, -0.25) is 14.3 Å². The van der Waals surface area contributed by atoms with Gasteiger partial charge < -0.3 is 10.1 Å². The maximum atomic E-state index is 12.5. The maximum absolute atomic E-state index is 12.5. The highest BCUT2D eigenvalue weighted by atomic mass is 79.9. The molecule has 1 unspecified atom stereocenters. The Morgan fingerprint density at radius 2 is 1.92 bits per heavy atom. The second-order valence-electron chi connectivity index (χ2n) is 5.66. The molecule has 0 spiro atoms. The number of carbonyl (C=O) groups excluding carboxylic acids is 1. The fourth-order valence-corrected chi connectivity index (χ4v) is 3.41. The van der Waals surface area contributed by atoms with Crippen molar-refractivity contribution in [3.63, 3.8) is 0 Å². The van der Waals surface area contributed by atoms with Gasteiger partial charge in [-0.15, -0.1) is 0 Å². The van der Waals surface area contributed by atoms with Crippen LogP contribution in [0.3, 0.4) is 0 Å². The summed E-state index contributed by atoms with van der Waals surface area (Å²) in [4.78, 5) is 38.9. The van der Waals surface area contributed by atoms with E-state index in [0.717, 1.165) is 10.0 Å². The SMILES string of the molecule is Cn1c2c(c(=O)[nH]c1=O)C(c1ccc(Br)cc1)C1=C(COC1=O)N2. The third-order valence-electron chi connectivity index (χ3n) is 4.30. The van der Waals surface area contributed by atoms with Crippen molar-refractivity contribution in [2.24, 2.45) is 7.05 Å². The van der Waals surface area contributed by atoms with Crippen molar-refractivity contribution in [2.75, 3.05) is 11.9 Å². The van der Waals surface area contributed by atoms with Crippen molar-refractivity contribution in [1.29, 1.82) is 0 Å². The number of hydrogen-bond acceptors (Lipinski definition) is 5. The Kier molecular flexibility index (Phi) is 3.24. The number of aromatic amines is 1. The summed E-state index contributed by atoms with van der Waals surface area (Å²) in [5.74, 6) is -0.659. The van der Waals surface area contributed by atoms with Crippen molar-refractivity contribution in [1.82, 2.24) is 9.55 Å². The highest BCUT2D eigenvalue weighted by Gasteiger charge is 2.40. The van der Waals surface area contributed by atoms with Crippen LogP contribution in [0.4, 0.5) is 5.82 Å². The normalized spacial score (nSPS) is 18.8. The molecule has 2 N–H and O–H groups in total. The van der Waals surface area contributed by atoms with E-state index in [9.17, 15) is 14.4 Å². The average Bonchev–Trinajstić information content (AvgIpc) is 2.93. The minimum atomic E-state index is -0.588. The molecule has 4 rings (SSSR count). The lowest BCUT2D eigenvalue weighted by molar-refractivity contribution is -0.136. The molecule has 0 saturated carbocycles.